The average Bonchev–Trinajstić information content (AvgIpc) is 2.61. The van der Waals surface area contributed by atoms with Crippen LogP contribution in [0.2, 0.25) is 0 Å². The van der Waals surface area contributed by atoms with E-state index in [1.165, 1.54) is 38.7 Å². The Bertz CT molecular complexity index is 940. The van der Waals surface area contributed by atoms with Crippen molar-refractivity contribution in [1.29, 1.82) is 0 Å². The van der Waals surface area contributed by atoms with E-state index in [4.69, 9.17) is 0 Å². The maximum absolute atomic E-state index is 2.44. The van der Waals surface area contributed by atoms with E-state index in [0.29, 0.717) is 0 Å². The minimum Gasteiger partial charge on any atom is -0.314 e. The third-order valence-electron chi connectivity index (χ3n) is 4.54. The zero-order chi connectivity index (χ0) is 17.8. The van der Waals surface area contributed by atoms with Gasteiger partial charge in [0.05, 0.1) is 0 Å². The van der Waals surface area contributed by atoms with Gasteiger partial charge < -0.3 is 4.90 Å². The van der Waals surface area contributed by atoms with Crippen molar-refractivity contribution >= 4 is 17.5 Å². The van der Waals surface area contributed by atoms with E-state index >= 15 is 0 Å². The van der Waals surface area contributed by atoms with E-state index in [1.807, 2.05) is 0 Å². The molecule has 1 aliphatic carbocycles. The smallest absolute Gasteiger partial charge is 0.0461 e. The molecule has 1 nitrogen and oxygen atoms in total. The van der Waals surface area contributed by atoms with Gasteiger partial charge in [-0.2, -0.15) is 0 Å². The van der Waals surface area contributed by atoms with Gasteiger partial charge in [-0.15, -0.1) is 0 Å². The van der Waals surface area contributed by atoms with Gasteiger partial charge >= 0.3 is 0 Å². The summed E-state index contributed by atoms with van der Waals surface area (Å²) in [7, 11) is 0. The van der Waals surface area contributed by atoms with Crippen LogP contribution >= 0.6 is 0 Å². The summed E-state index contributed by atoms with van der Waals surface area (Å²) in [5.41, 5.74) is 6.44. The number of allylic oxidation sites excluding steroid dienone is 3. The number of hydrogen-bond acceptors (Lipinski definition) is 1. The molecule has 0 saturated heterocycles. The predicted octanol–water partition coefficient (Wildman–Crippen LogP) is 5.05. The fourth-order valence-electron chi connectivity index (χ4n) is 3.47. The van der Waals surface area contributed by atoms with Gasteiger partial charge in [-0.05, 0) is 69.5 Å². The van der Waals surface area contributed by atoms with E-state index in [0.717, 1.165) is 12.8 Å². The Labute approximate surface area is 151 Å². The second-order valence-corrected chi connectivity index (χ2v) is 6.89. The Balaban J connectivity index is 2.30. The molecule has 25 heavy (non-hydrogen) atoms. The summed E-state index contributed by atoms with van der Waals surface area (Å²) in [6, 6.07) is 17.5. The van der Waals surface area contributed by atoms with Crippen molar-refractivity contribution < 1.29 is 0 Å². The SMILES string of the molecule is C/C=C(\C=C(C)C)N(C1=c2ccccc2=CCC1)c1cccc(C)c1. The van der Waals surface area contributed by atoms with E-state index in [-0.39, 0.29) is 0 Å². The van der Waals surface area contributed by atoms with Crippen molar-refractivity contribution in [2.75, 3.05) is 4.90 Å². The van der Waals surface area contributed by atoms with Gasteiger partial charge in [-0.1, -0.05) is 54.1 Å². The first-order valence-corrected chi connectivity index (χ1v) is 9.06. The Morgan fingerprint density at radius 1 is 1.04 bits per heavy atom. The summed E-state index contributed by atoms with van der Waals surface area (Å²) < 4.78 is 0. The van der Waals surface area contributed by atoms with Gasteiger partial charge in [0, 0.05) is 22.3 Å². The molecule has 3 rings (SSSR count). The zero-order valence-electron chi connectivity index (χ0n) is 15.7. The fraction of sp³-hybridized carbons (Fsp3) is 0.250. The lowest BCUT2D eigenvalue weighted by molar-refractivity contribution is 1.00. The van der Waals surface area contributed by atoms with Crippen LogP contribution in [0.1, 0.15) is 39.2 Å². The second-order valence-electron chi connectivity index (χ2n) is 6.89. The number of nitrogens with zero attached hydrogens (tertiary/aromatic N) is 1. The first-order chi connectivity index (χ1) is 12.1. The standard InChI is InChI=1S/C24H27N/c1-5-21(16-18(2)3)25(22-13-8-10-19(4)17-22)24-15-9-12-20-11-6-7-14-23(20)24/h5-8,10-14,16-17H,9,15H2,1-4H3/b21-5+. The molecule has 0 atom stereocenters. The highest BCUT2D eigenvalue weighted by atomic mass is 15.2. The molecular weight excluding hydrogens is 302 g/mol. The van der Waals surface area contributed by atoms with Crippen LogP contribution in [0.25, 0.3) is 11.8 Å². The van der Waals surface area contributed by atoms with Crippen LogP contribution in [0.4, 0.5) is 5.69 Å². The van der Waals surface area contributed by atoms with E-state index in [9.17, 15) is 0 Å². The largest absolute Gasteiger partial charge is 0.314 e. The van der Waals surface area contributed by atoms with Crippen molar-refractivity contribution in [1.82, 2.24) is 0 Å². The van der Waals surface area contributed by atoms with Gasteiger partial charge in [-0.25, -0.2) is 0 Å². The van der Waals surface area contributed by atoms with Gasteiger partial charge in [0.25, 0.3) is 0 Å². The number of fused-ring (bicyclic) bond motifs is 1. The number of anilines is 1. The lowest BCUT2D eigenvalue weighted by Crippen LogP contribution is -2.36. The van der Waals surface area contributed by atoms with Crippen LogP contribution in [0.5, 0.6) is 0 Å². The molecule has 128 valence electrons. The summed E-state index contributed by atoms with van der Waals surface area (Å²) in [5.74, 6) is 0. The van der Waals surface area contributed by atoms with Gasteiger partial charge in [-0.3, -0.25) is 0 Å². The Kier molecular flexibility index (Phi) is 5.23. The van der Waals surface area contributed by atoms with Gasteiger partial charge in [0.1, 0.15) is 0 Å². The maximum atomic E-state index is 2.44. The van der Waals surface area contributed by atoms with Crippen molar-refractivity contribution in [3.63, 3.8) is 0 Å². The molecule has 0 fully saturated rings. The number of hydrogen-bond donors (Lipinski definition) is 0. The van der Waals surface area contributed by atoms with Crippen molar-refractivity contribution in [2.24, 2.45) is 0 Å². The molecule has 1 aliphatic rings. The summed E-state index contributed by atoms with van der Waals surface area (Å²) in [4.78, 5) is 2.44. The first-order valence-electron chi connectivity index (χ1n) is 9.06. The monoisotopic (exact) mass is 329 g/mol. The van der Waals surface area contributed by atoms with Crippen LogP contribution in [0, 0.1) is 6.92 Å². The lowest BCUT2D eigenvalue weighted by Gasteiger charge is -2.30. The highest BCUT2D eigenvalue weighted by Crippen LogP contribution is 2.29. The van der Waals surface area contributed by atoms with E-state index < -0.39 is 0 Å². The van der Waals surface area contributed by atoms with Crippen LogP contribution < -0.4 is 15.3 Å². The third-order valence-corrected chi connectivity index (χ3v) is 4.54. The van der Waals surface area contributed by atoms with Gasteiger partial charge in [0.15, 0.2) is 0 Å². The molecule has 0 heterocycles. The van der Waals surface area contributed by atoms with Crippen LogP contribution in [0.3, 0.4) is 0 Å². The molecule has 0 amide bonds. The molecule has 1 heteroatoms. The van der Waals surface area contributed by atoms with Crippen LogP contribution in [-0.4, -0.2) is 0 Å². The highest BCUT2D eigenvalue weighted by Gasteiger charge is 2.17. The number of benzene rings is 2. The fourth-order valence-corrected chi connectivity index (χ4v) is 3.47. The average molecular weight is 329 g/mol. The summed E-state index contributed by atoms with van der Waals surface area (Å²) in [6.07, 6.45) is 8.97. The normalized spacial score (nSPS) is 13.8. The molecule has 0 N–H and O–H groups in total. The molecule has 2 aromatic carbocycles. The summed E-state index contributed by atoms with van der Waals surface area (Å²) in [5, 5.41) is 2.69. The molecule has 0 unspecified atom stereocenters. The highest BCUT2D eigenvalue weighted by molar-refractivity contribution is 5.76. The first kappa shape index (κ1) is 17.3. The van der Waals surface area contributed by atoms with Crippen molar-refractivity contribution in [3.05, 3.63) is 88.0 Å². The Hall–Kier alpha value is -2.54. The van der Waals surface area contributed by atoms with Gasteiger partial charge in [0.2, 0.25) is 0 Å². The number of rotatable bonds is 4. The maximum Gasteiger partial charge on any atom is 0.0461 e. The molecule has 2 aromatic rings. The zero-order valence-corrected chi connectivity index (χ0v) is 15.7. The minimum absolute atomic E-state index is 1.05. The Morgan fingerprint density at radius 2 is 1.84 bits per heavy atom. The lowest BCUT2D eigenvalue weighted by atomic mass is 10.0. The summed E-state index contributed by atoms with van der Waals surface area (Å²) >= 11 is 0. The molecule has 0 aliphatic heterocycles. The molecule has 0 bridgehead atoms. The molecule has 0 aromatic heterocycles. The number of aryl methyl sites for hydroxylation is 1. The molecule has 0 spiro atoms. The second kappa shape index (κ2) is 7.57. The summed E-state index contributed by atoms with van der Waals surface area (Å²) in [6.45, 7) is 8.60. The third kappa shape index (κ3) is 3.76. The topological polar surface area (TPSA) is 3.24 Å². The van der Waals surface area contributed by atoms with E-state index in [1.54, 1.807) is 0 Å². The minimum atomic E-state index is 1.05. The van der Waals surface area contributed by atoms with Crippen molar-refractivity contribution in [2.45, 2.75) is 40.5 Å². The van der Waals surface area contributed by atoms with Crippen LogP contribution in [-0.2, 0) is 0 Å². The molecular formula is C24H27N. The van der Waals surface area contributed by atoms with Crippen molar-refractivity contribution in [3.8, 4) is 0 Å². The quantitative estimate of drug-likeness (QED) is 0.709. The predicted molar refractivity (Wildman–Crippen MR) is 110 cm³/mol. The Morgan fingerprint density at radius 3 is 2.56 bits per heavy atom. The van der Waals surface area contributed by atoms with Crippen LogP contribution in [0.15, 0.2) is 72.0 Å². The van der Waals surface area contributed by atoms with E-state index in [2.05, 4.69) is 99.4 Å². The molecule has 0 radical (unpaired) electrons. The molecule has 0 saturated carbocycles.